The molecule has 0 aliphatic carbocycles. The fourth-order valence-electron chi connectivity index (χ4n) is 0.961. The number of aromatic carboxylic acids is 1. The highest BCUT2D eigenvalue weighted by atomic mass is 32.2. The molecule has 1 aromatic carbocycles. The summed E-state index contributed by atoms with van der Waals surface area (Å²) in [7, 11) is -3.73. The highest BCUT2D eigenvalue weighted by Gasteiger charge is 2.14. The summed E-state index contributed by atoms with van der Waals surface area (Å²) in [5, 5.41) is 8.63. The number of benzene rings is 1. The second-order valence-corrected chi connectivity index (χ2v) is 4.49. The number of hydrogen-bond donors (Lipinski definition) is 2. The molecular weight excluding hydrogens is 234 g/mol. The third-order valence-corrected chi connectivity index (χ3v) is 2.95. The molecular formula is C9H11NO5S. The fourth-order valence-corrected chi connectivity index (χ4v) is 1.82. The van der Waals surface area contributed by atoms with Gasteiger partial charge in [0.25, 0.3) is 10.0 Å². The highest BCUT2D eigenvalue weighted by Crippen LogP contribution is 2.10. The van der Waals surface area contributed by atoms with Crippen molar-refractivity contribution in [3.63, 3.8) is 0 Å². The van der Waals surface area contributed by atoms with Crippen LogP contribution in [-0.2, 0) is 14.9 Å². The first-order chi connectivity index (χ1) is 7.47. The van der Waals surface area contributed by atoms with Crippen molar-refractivity contribution in [1.82, 2.24) is 4.89 Å². The minimum Gasteiger partial charge on any atom is -0.478 e. The van der Waals surface area contributed by atoms with Crippen molar-refractivity contribution in [2.45, 2.75) is 11.8 Å². The predicted molar refractivity (Wildman–Crippen MR) is 55.3 cm³/mol. The number of hydrogen-bond acceptors (Lipinski definition) is 4. The molecule has 0 amide bonds. The Bertz CT molecular complexity index is 465. The maximum atomic E-state index is 11.5. The number of carbonyl (C=O) groups is 1. The summed E-state index contributed by atoms with van der Waals surface area (Å²) in [6.45, 7) is 1.84. The Kier molecular flexibility index (Phi) is 3.99. The maximum absolute atomic E-state index is 11.5. The average Bonchev–Trinajstić information content (AvgIpc) is 2.26. The van der Waals surface area contributed by atoms with E-state index in [9.17, 15) is 13.2 Å². The lowest BCUT2D eigenvalue weighted by molar-refractivity contribution is 0.0696. The number of sulfonamides is 1. The van der Waals surface area contributed by atoms with E-state index in [1.807, 2.05) is 4.89 Å². The van der Waals surface area contributed by atoms with Crippen LogP contribution in [0.4, 0.5) is 0 Å². The van der Waals surface area contributed by atoms with Crippen molar-refractivity contribution in [1.29, 1.82) is 0 Å². The summed E-state index contributed by atoms with van der Waals surface area (Å²) < 4.78 is 23.0. The van der Waals surface area contributed by atoms with Crippen molar-refractivity contribution in [2.24, 2.45) is 0 Å². The van der Waals surface area contributed by atoms with E-state index in [4.69, 9.17) is 5.11 Å². The smallest absolute Gasteiger partial charge is 0.335 e. The molecule has 88 valence electrons. The molecule has 0 aliphatic heterocycles. The molecule has 0 heterocycles. The molecule has 0 atom stereocenters. The Morgan fingerprint density at radius 3 is 2.38 bits per heavy atom. The van der Waals surface area contributed by atoms with Crippen molar-refractivity contribution < 1.29 is 23.2 Å². The van der Waals surface area contributed by atoms with Crippen LogP contribution < -0.4 is 4.89 Å². The van der Waals surface area contributed by atoms with Gasteiger partial charge in [-0.1, -0.05) is 4.89 Å². The highest BCUT2D eigenvalue weighted by molar-refractivity contribution is 7.89. The molecule has 0 unspecified atom stereocenters. The van der Waals surface area contributed by atoms with E-state index in [1.165, 1.54) is 24.3 Å². The van der Waals surface area contributed by atoms with Crippen molar-refractivity contribution in [2.75, 3.05) is 6.61 Å². The largest absolute Gasteiger partial charge is 0.478 e. The van der Waals surface area contributed by atoms with Gasteiger partial charge in [0.2, 0.25) is 0 Å². The van der Waals surface area contributed by atoms with Crippen LogP contribution in [0.25, 0.3) is 0 Å². The predicted octanol–water partition coefficient (Wildman–Crippen LogP) is 0.615. The summed E-state index contributed by atoms with van der Waals surface area (Å²) in [6.07, 6.45) is 0. The third-order valence-electron chi connectivity index (χ3n) is 1.72. The van der Waals surface area contributed by atoms with Crippen LogP contribution >= 0.6 is 0 Å². The van der Waals surface area contributed by atoms with E-state index in [1.54, 1.807) is 6.92 Å². The Morgan fingerprint density at radius 2 is 1.94 bits per heavy atom. The zero-order chi connectivity index (χ0) is 12.2. The molecule has 1 rings (SSSR count). The molecule has 0 spiro atoms. The summed E-state index contributed by atoms with van der Waals surface area (Å²) in [5.74, 6) is -1.11. The third kappa shape index (κ3) is 3.02. The van der Waals surface area contributed by atoms with Gasteiger partial charge in [-0.3, -0.25) is 4.84 Å². The Labute approximate surface area is 92.9 Å². The van der Waals surface area contributed by atoms with E-state index >= 15 is 0 Å². The van der Waals surface area contributed by atoms with E-state index in [0.717, 1.165) is 0 Å². The van der Waals surface area contributed by atoms with Gasteiger partial charge in [0.05, 0.1) is 17.1 Å². The minimum atomic E-state index is -3.73. The van der Waals surface area contributed by atoms with Gasteiger partial charge in [0.15, 0.2) is 0 Å². The normalized spacial score (nSPS) is 11.3. The molecule has 2 N–H and O–H groups in total. The van der Waals surface area contributed by atoms with Crippen LogP contribution in [0.15, 0.2) is 29.2 Å². The Balaban J connectivity index is 2.93. The van der Waals surface area contributed by atoms with Crippen molar-refractivity contribution in [3.8, 4) is 0 Å². The summed E-state index contributed by atoms with van der Waals surface area (Å²) in [4.78, 5) is 17.0. The molecule has 0 aromatic heterocycles. The molecule has 0 bridgehead atoms. The lowest BCUT2D eigenvalue weighted by Gasteiger charge is -2.05. The molecule has 0 fully saturated rings. The fraction of sp³-hybridized carbons (Fsp3) is 0.222. The molecule has 16 heavy (non-hydrogen) atoms. The van der Waals surface area contributed by atoms with Crippen LogP contribution in [0.5, 0.6) is 0 Å². The van der Waals surface area contributed by atoms with Crippen LogP contribution in [0.3, 0.4) is 0 Å². The average molecular weight is 245 g/mol. The van der Waals surface area contributed by atoms with E-state index in [0.29, 0.717) is 0 Å². The molecule has 6 nitrogen and oxygen atoms in total. The van der Waals surface area contributed by atoms with Gasteiger partial charge in [0.1, 0.15) is 0 Å². The number of carboxylic acids is 1. The van der Waals surface area contributed by atoms with Gasteiger partial charge in [-0.05, 0) is 31.2 Å². The number of nitrogens with one attached hydrogen (secondary N) is 1. The maximum Gasteiger partial charge on any atom is 0.335 e. The summed E-state index contributed by atoms with van der Waals surface area (Å²) in [5.41, 5.74) is 0.0235. The zero-order valence-corrected chi connectivity index (χ0v) is 9.32. The molecule has 7 heteroatoms. The lowest BCUT2D eigenvalue weighted by Crippen LogP contribution is -2.24. The van der Waals surface area contributed by atoms with E-state index in [2.05, 4.69) is 4.84 Å². The first-order valence-electron chi connectivity index (χ1n) is 4.44. The quantitative estimate of drug-likeness (QED) is 0.741. The Morgan fingerprint density at radius 1 is 1.38 bits per heavy atom. The molecule has 0 aliphatic rings. The first-order valence-corrected chi connectivity index (χ1v) is 5.92. The number of rotatable bonds is 5. The summed E-state index contributed by atoms with van der Waals surface area (Å²) in [6, 6.07) is 4.82. The summed E-state index contributed by atoms with van der Waals surface area (Å²) >= 11 is 0. The first kappa shape index (κ1) is 12.6. The van der Waals surface area contributed by atoms with Gasteiger partial charge in [0, 0.05) is 0 Å². The molecule has 1 aromatic rings. The van der Waals surface area contributed by atoms with Crippen LogP contribution in [0.1, 0.15) is 17.3 Å². The van der Waals surface area contributed by atoms with Crippen LogP contribution in [0.2, 0.25) is 0 Å². The van der Waals surface area contributed by atoms with Gasteiger partial charge in [-0.25, -0.2) is 13.2 Å². The monoisotopic (exact) mass is 245 g/mol. The minimum absolute atomic E-state index is 0.0235. The van der Waals surface area contributed by atoms with E-state index < -0.39 is 16.0 Å². The van der Waals surface area contributed by atoms with Gasteiger partial charge in [-0.15, -0.1) is 0 Å². The standard InChI is InChI=1S/C9H11NO5S/c1-2-15-10-16(13,14)8-5-3-7(4-6-8)9(11)12/h3-6,10H,2H2,1H3,(H,11,12). The molecule has 0 radical (unpaired) electrons. The second-order valence-electron chi connectivity index (χ2n) is 2.85. The van der Waals surface area contributed by atoms with Gasteiger partial charge >= 0.3 is 5.97 Å². The van der Waals surface area contributed by atoms with Crippen molar-refractivity contribution in [3.05, 3.63) is 29.8 Å². The SMILES string of the molecule is CCONS(=O)(=O)c1ccc(C(=O)O)cc1. The lowest BCUT2D eigenvalue weighted by atomic mass is 10.2. The van der Waals surface area contributed by atoms with Crippen molar-refractivity contribution >= 4 is 16.0 Å². The van der Waals surface area contributed by atoms with Crippen LogP contribution in [-0.4, -0.2) is 26.1 Å². The topological polar surface area (TPSA) is 92.7 Å². The number of carboxylic acid groups (broad SMARTS) is 1. The molecule has 0 saturated heterocycles. The second kappa shape index (κ2) is 5.06. The van der Waals surface area contributed by atoms with Gasteiger partial charge in [-0.2, -0.15) is 0 Å². The zero-order valence-electron chi connectivity index (χ0n) is 8.50. The molecule has 0 saturated carbocycles. The van der Waals surface area contributed by atoms with Gasteiger partial charge < -0.3 is 5.11 Å². The van der Waals surface area contributed by atoms with Crippen LogP contribution in [0, 0.1) is 0 Å². The van der Waals surface area contributed by atoms with E-state index in [-0.39, 0.29) is 17.1 Å². The Hall–Kier alpha value is -1.44.